The van der Waals surface area contributed by atoms with Gasteiger partial charge in [0.25, 0.3) is 0 Å². The van der Waals surface area contributed by atoms with E-state index < -0.39 is 0 Å². The van der Waals surface area contributed by atoms with Crippen LogP contribution in [0.5, 0.6) is 11.5 Å². The molecule has 0 saturated heterocycles. The Balaban J connectivity index is 1.70. The third-order valence-electron chi connectivity index (χ3n) is 2.60. The van der Waals surface area contributed by atoms with Crippen molar-refractivity contribution in [3.05, 3.63) is 36.5 Å². The van der Waals surface area contributed by atoms with E-state index in [2.05, 4.69) is 5.10 Å². The summed E-state index contributed by atoms with van der Waals surface area (Å²) in [5, 5.41) is 4.11. The van der Waals surface area contributed by atoms with E-state index in [9.17, 15) is 0 Å². The lowest BCUT2D eigenvalue weighted by Gasteiger charge is -2.07. The summed E-state index contributed by atoms with van der Waals surface area (Å²) in [7, 11) is 0. The molecule has 102 valence electrons. The van der Waals surface area contributed by atoms with Gasteiger partial charge in [-0.25, -0.2) is 0 Å². The van der Waals surface area contributed by atoms with Crippen LogP contribution in [0.3, 0.4) is 0 Å². The lowest BCUT2D eigenvalue weighted by molar-refractivity contribution is 0.297. The van der Waals surface area contributed by atoms with E-state index in [4.69, 9.17) is 15.2 Å². The highest BCUT2D eigenvalue weighted by atomic mass is 16.5. The standard InChI is InChI=1S/C14H19N3O2/c1-2-18-12-4-6-13(7-5-12)19-11-3-9-17-10-8-14(15)16-17/h4-8,10H,2-3,9,11H2,1H3,(H2,15,16). The van der Waals surface area contributed by atoms with Crippen molar-refractivity contribution in [1.82, 2.24) is 9.78 Å². The molecule has 0 aliphatic heterocycles. The smallest absolute Gasteiger partial charge is 0.145 e. The second-order valence-corrected chi connectivity index (χ2v) is 4.11. The molecule has 1 heterocycles. The molecule has 0 aliphatic rings. The van der Waals surface area contributed by atoms with Gasteiger partial charge in [-0.2, -0.15) is 5.10 Å². The third kappa shape index (κ3) is 4.21. The van der Waals surface area contributed by atoms with Crippen LogP contribution in [0.25, 0.3) is 0 Å². The molecule has 2 rings (SSSR count). The minimum atomic E-state index is 0.549. The highest BCUT2D eigenvalue weighted by molar-refractivity contribution is 5.31. The maximum atomic E-state index is 5.64. The summed E-state index contributed by atoms with van der Waals surface area (Å²) in [6.45, 7) is 4.08. The van der Waals surface area contributed by atoms with Crippen LogP contribution < -0.4 is 15.2 Å². The molecule has 0 fully saturated rings. The number of hydrogen-bond acceptors (Lipinski definition) is 4. The Morgan fingerprint density at radius 3 is 2.37 bits per heavy atom. The number of anilines is 1. The van der Waals surface area contributed by atoms with E-state index in [1.165, 1.54) is 0 Å². The first-order valence-electron chi connectivity index (χ1n) is 6.42. The summed E-state index contributed by atoms with van der Waals surface area (Å²) in [5.41, 5.74) is 5.54. The molecule has 0 atom stereocenters. The average molecular weight is 261 g/mol. The summed E-state index contributed by atoms with van der Waals surface area (Å²) in [6, 6.07) is 9.43. The Morgan fingerprint density at radius 1 is 1.11 bits per heavy atom. The first-order chi connectivity index (χ1) is 9.28. The van der Waals surface area contributed by atoms with Gasteiger partial charge < -0.3 is 15.2 Å². The van der Waals surface area contributed by atoms with E-state index in [0.29, 0.717) is 19.0 Å². The number of ether oxygens (including phenoxy) is 2. The van der Waals surface area contributed by atoms with Crippen LogP contribution in [0.2, 0.25) is 0 Å². The summed E-state index contributed by atoms with van der Waals surface area (Å²) in [4.78, 5) is 0. The normalized spacial score (nSPS) is 10.4. The van der Waals surface area contributed by atoms with Crippen LogP contribution in [0.4, 0.5) is 5.82 Å². The minimum Gasteiger partial charge on any atom is -0.494 e. The zero-order valence-electron chi connectivity index (χ0n) is 11.1. The molecule has 2 N–H and O–H groups in total. The molecule has 19 heavy (non-hydrogen) atoms. The van der Waals surface area contributed by atoms with Gasteiger partial charge in [0.15, 0.2) is 0 Å². The number of nitrogens with zero attached hydrogens (tertiary/aromatic N) is 2. The van der Waals surface area contributed by atoms with Crippen molar-refractivity contribution in [2.24, 2.45) is 0 Å². The molecular formula is C14H19N3O2. The number of benzene rings is 1. The fourth-order valence-corrected chi connectivity index (χ4v) is 1.72. The quantitative estimate of drug-likeness (QED) is 0.777. The summed E-state index contributed by atoms with van der Waals surface area (Å²) < 4.78 is 12.8. The van der Waals surface area contributed by atoms with Crippen molar-refractivity contribution in [3.8, 4) is 11.5 Å². The number of hydrogen-bond donors (Lipinski definition) is 1. The summed E-state index contributed by atoms with van der Waals surface area (Å²) >= 11 is 0. The lowest BCUT2D eigenvalue weighted by atomic mass is 10.3. The van der Waals surface area contributed by atoms with Gasteiger partial charge in [-0.05, 0) is 37.3 Å². The second-order valence-electron chi connectivity index (χ2n) is 4.11. The summed E-state index contributed by atoms with van der Waals surface area (Å²) in [5.74, 6) is 2.26. The number of aryl methyl sites for hydroxylation is 1. The van der Waals surface area contributed by atoms with Gasteiger partial charge in [-0.3, -0.25) is 4.68 Å². The minimum absolute atomic E-state index is 0.549. The molecule has 0 aliphatic carbocycles. The van der Waals surface area contributed by atoms with E-state index in [-0.39, 0.29) is 0 Å². The Kier molecular flexibility index (Phi) is 4.66. The van der Waals surface area contributed by atoms with Crippen LogP contribution in [-0.4, -0.2) is 23.0 Å². The molecule has 5 nitrogen and oxygen atoms in total. The van der Waals surface area contributed by atoms with Crippen LogP contribution in [0.1, 0.15) is 13.3 Å². The van der Waals surface area contributed by atoms with Gasteiger partial charge >= 0.3 is 0 Å². The number of rotatable bonds is 7. The van der Waals surface area contributed by atoms with Crippen LogP contribution >= 0.6 is 0 Å². The van der Waals surface area contributed by atoms with Crippen molar-refractivity contribution in [2.45, 2.75) is 19.9 Å². The first-order valence-corrected chi connectivity index (χ1v) is 6.42. The third-order valence-corrected chi connectivity index (χ3v) is 2.60. The Labute approximate surface area is 112 Å². The molecular weight excluding hydrogens is 242 g/mol. The van der Waals surface area contributed by atoms with Crippen LogP contribution in [0, 0.1) is 0 Å². The van der Waals surface area contributed by atoms with E-state index >= 15 is 0 Å². The van der Waals surface area contributed by atoms with Gasteiger partial charge in [-0.1, -0.05) is 0 Å². The second kappa shape index (κ2) is 6.68. The van der Waals surface area contributed by atoms with Crippen molar-refractivity contribution in [2.75, 3.05) is 18.9 Å². The highest BCUT2D eigenvalue weighted by Crippen LogP contribution is 2.17. The highest BCUT2D eigenvalue weighted by Gasteiger charge is 1.97. The lowest BCUT2D eigenvalue weighted by Crippen LogP contribution is -2.05. The van der Waals surface area contributed by atoms with Crippen molar-refractivity contribution >= 4 is 5.82 Å². The Morgan fingerprint density at radius 2 is 1.79 bits per heavy atom. The fourth-order valence-electron chi connectivity index (χ4n) is 1.72. The van der Waals surface area contributed by atoms with E-state index in [1.807, 2.05) is 42.1 Å². The maximum absolute atomic E-state index is 5.64. The Bertz CT molecular complexity index is 494. The SMILES string of the molecule is CCOc1ccc(OCCCn2ccc(N)n2)cc1. The molecule has 1 aromatic heterocycles. The zero-order chi connectivity index (χ0) is 13.5. The predicted octanol–water partition coefficient (Wildman–Crippen LogP) is 2.33. The predicted molar refractivity (Wildman–Crippen MR) is 74.4 cm³/mol. The van der Waals surface area contributed by atoms with Gasteiger partial charge in [0.05, 0.1) is 13.2 Å². The monoisotopic (exact) mass is 261 g/mol. The number of aromatic nitrogens is 2. The Hall–Kier alpha value is -2.17. The molecule has 1 aromatic carbocycles. The maximum Gasteiger partial charge on any atom is 0.145 e. The fraction of sp³-hybridized carbons (Fsp3) is 0.357. The molecule has 2 aromatic rings. The van der Waals surface area contributed by atoms with E-state index in [1.54, 1.807) is 6.07 Å². The van der Waals surface area contributed by atoms with Crippen molar-refractivity contribution < 1.29 is 9.47 Å². The topological polar surface area (TPSA) is 62.3 Å². The molecule has 0 saturated carbocycles. The van der Waals surface area contributed by atoms with Crippen molar-refractivity contribution in [1.29, 1.82) is 0 Å². The van der Waals surface area contributed by atoms with Gasteiger partial charge in [-0.15, -0.1) is 0 Å². The largest absolute Gasteiger partial charge is 0.494 e. The first kappa shape index (κ1) is 13.3. The zero-order valence-corrected chi connectivity index (χ0v) is 11.1. The summed E-state index contributed by atoms with van der Waals surface area (Å²) in [6.07, 6.45) is 2.75. The molecule has 5 heteroatoms. The van der Waals surface area contributed by atoms with Gasteiger partial charge in [0.2, 0.25) is 0 Å². The number of nitrogens with two attached hydrogens (primary N) is 1. The molecule has 0 spiro atoms. The average Bonchev–Trinajstić information content (AvgIpc) is 2.83. The molecule has 0 bridgehead atoms. The van der Waals surface area contributed by atoms with Crippen molar-refractivity contribution in [3.63, 3.8) is 0 Å². The van der Waals surface area contributed by atoms with Crippen LogP contribution in [0.15, 0.2) is 36.5 Å². The van der Waals surface area contributed by atoms with Gasteiger partial charge in [0.1, 0.15) is 17.3 Å². The number of nitrogen functional groups attached to an aromatic ring is 1. The molecule has 0 radical (unpaired) electrons. The molecule has 0 unspecified atom stereocenters. The van der Waals surface area contributed by atoms with Gasteiger partial charge in [0, 0.05) is 19.2 Å². The molecule has 0 amide bonds. The van der Waals surface area contributed by atoms with Crippen LogP contribution in [-0.2, 0) is 6.54 Å². The van der Waals surface area contributed by atoms with E-state index in [0.717, 1.165) is 24.5 Å².